The molecule has 7 nitrogen and oxygen atoms in total. The summed E-state index contributed by atoms with van der Waals surface area (Å²) in [6.07, 6.45) is 4.58. The molecule has 0 aromatic carbocycles. The van der Waals surface area contributed by atoms with Crippen molar-refractivity contribution in [3.8, 4) is 0 Å². The SMILES string of the molecule is C=C(C)C(=O)OCCC[Si](C)(C)O[Si](C)(CCCCCO)O[Si](C)(C)CCCOCCOC. The van der Waals surface area contributed by atoms with E-state index in [1.54, 1.807) is 14.0 Å². The van der Waals surface area contributed by atoms with Crippen molar-refractivity contribution in [3.63, 3.8) is 0 Å². The third-order valence-electron chi connectivity index (χ3n) is 5.28. The van der Waals surface area contributed by atoms with E-state index in [4.69, 9.17) is 27.5 Å². The molecule has 196 valence electrons. The van der Waals surface area contributed by atoms with Crippen molar-refractivity contribution in [2.24, 2.45) is 0 Å². The van der Waals surface area contributed by atoms with Gasteiger partial charge in [-0.05, 0) is 77.1 Å². The summed E-state index contributed by atoms with van der Waals surface area (Å²) in [5, 5.41) is 9.14. The highest BCUT2D eigenvalue weighted by molar-refractivity contribution is 6.88. The van der Waals surface area contributed by atoms with Crippen molar-refractivity contribution in [2.45, 2.75) is 89.9 Å². The van der Waals surface area contributed by atoms with E-state index in [1.807, 2.05) is 0 Å². The third kappa shape index (κ3) is 17.7. The van der Waals surface area contributed by atoms with Crippen LogP contribution in [0.4, 0.5) is 0 Å². The maximum atomic E-state index is 11.6. The third-order valence-corrected chi connectivity index (χ3v) is 17.5. The van der Waals surface area contributed by atoms with Gasteiger partial charge in [0.05, 0.1) is 19.8 Å². The maximum absolute atomic E-state index is 11.6. The van der Waals surface area contributed by atoms with Crippen LogP contribution >= 0.6 is 0 Å². The molecule has 0 heterocycles. The first-order chi connectivity index (χ1) is 15.4. The molecule has 0 aliphatic heterocycles. The second-order valence-corrected chi connectivity index (χ2v) is 22.6. The summed E-state index contributed by atoms with van der Waals surface area (Å²) in [7, 11) is -4.64. The summed E-state index contributed by atoms with van der Waals surface area (Å²) < 4.78 is 29.7. The Hall–Kier alpha value is -0.339. The van der Waals surface area contributed by atoms with E-state index in [0.717, 1.165) is 56.8 Å². The Morgan fingerprint density at radius 2 is 1.36 bits per heavy atom. The van der Waals surface area contributed by atoms with Crippen LogP contribution in [-0.2, 0) is 27.2 Å². The van der Waals surface area contributed by atoms with Crippen molar-refractivity contribution in [1.82, 2.24) is 0 Å². The summed E-state index contributed by atoms with van der Waals surface area (Å²) in [5.74, 6) is -0.333. The molecule has 0 rings (SSSR count). The second kappa shape index (κ2) is 17.1. The van der Waals surface area contributed by atoms with Crippen LogP contribution in [0.2, 0.25) is 50.9 Å². The van der Waals surface area contributed by atoms with Crippen molar-refractivity contribution in [2.75, 3.05) is 40.1 Å². The molecular weight excluding hydrogens is 473 g/mol. The first kappa shape index (κ1) is 32.7. The van der Waals surface area contributed by atoms with Crippen LogP contribution < -0.4 is 0 Å². The lowest BCUT2D eigenvalue weighted by Gasteiger charge is -2.41. The number of ether oxygens (including phenoxy) is 3. The zero-order chi connectivity index (χ0) is 25.4. The summed E-state index contributed by atoms with van der Waals surface area (Å²) in [6, 6.07) is 2.88. The Labute approximate surface area is 205 Å². The van der Waals surface area contributed by atoms with Gasteiger partial charge < -0.3 is 27.5 Å². The minimum Gasteiger partial charge on any atom is -0.462 e. The van der Waals surface area contributed by atoms with Gasteiger partial charge in [0.1, 0.15) is 0 Å². The fourth-order valence-electron chi connectivity index (χ4n) is 3.76. The van der Waals surface area contributed by atoms with Crippen molar-refractivity contribution >= 4 is 31.2 Å². The number of unbranched alkanes of at least 4 members (excludes halogenated alkanes) is 2. The van der Waals surface area contributed by atoms with Crippen molar-refractivity contribution in [3.05, 3.63) is 12.2 Å². The Morgan fingerprint density at radius 3 is 1.88 bits per heavy atom. The summed E-state index contributed by atoms with van der Waals surface area (Å²) in [4.78, 5) is 11.6. The van der Waals surface area contributed by atoms with Gasteiger partial charge in [-0.25, -0.2) is 4.79 Å². The Morgan fingerprint density at radius 1 is 0.788 bits per heavy atom. The number of aliphatic hydroxyl groups excluding tert-OH is 1. The van der Waals surface area contributed by atoms with E-state index in [2.05, 4.69) is 39.3 Å². The molecule has 1 N–H and O–H groups in total. The Kier molecular flexibility index (Phi) is 17.0. The van der Waals surface area contributed by atoms with Gasteiger partial charge in [-0.1, -0.05) is 19.4 Å². The van der Waals surface area contributed by atoms with Crippen molar-refractivity contribution < 1.29 is 32.3 Å². The quantitative estimate of drug-likeness (QED) is 0.0956. The number of esters is 1. The Bertz CT molecular complexity index is 558. The summed E-state index contributed by atoms with van der Waals surface area (Å²) >= 11 is 0. The highest BCUT2D eigenvalue weighted by atomic mass is 28.5. The molecule has 0 aromatic heterocycles. The van der Waals surface area contributed by atoms with E-state index in [0.29, 0.717) is 25.4 Å². The topological polar surface area (TPSA) is 83.5 Å². The number of hydrogen-bond donors (Lipinski definition) is 1. The first-order valence-electron chi connectivity index (χ1n) is 12.3. The molecule has 0 saturated carbocycles. The normalized spacial score (nSPS) is 14.2. The van der Waals surface area contributed by atoms with Gasteiger partial charge in [0.2, 0.25) is 0 Å². The molecule has 0 radical (unpaired) electrons. The highest BCUT2D eigenvalue weighted by Crippen LogP contribution is 2.30. The minimum absolute atomic E-state index is 0.229. The summed E-state index contributed by atoms with van der Waals surface area (Å²) in [6.45, 7) is 19.1. The van der Waals surface area contributed by atoms with Crippen LogP contribution in [-0.4, -0.2) is 76.4 Å². The lowest BCUT2D eigenvalue weighted by atomic mass is 10.3. The van der Waals surface area contributed by atoms with E-state index in [1.165, 1.54) is 0 Å². The number of hydrogen-bond acceptors (Lipinski definition) is 7. The molecule has 1 atom stereocenters. The van der Waals surface area contributed by atoms with E-state index in [9.17, 15) is 4.79 Å². The van der Waals surface area contributed by atoms with Gasteiger partial charge in [-0.2, -0.15) is 0 Å². The minimum atomic E-state index is -2.39. The van der Waals surface area contributed by atoms with Crippen LogP contribution in [0.25, 0.3) is 0 Å². The van der Waals surface area contributed by atoms with Gasteiger partial charge in [0.15, 0.2) is 16.6 Å². The highest BCUT2D eigenvalue weighted by Gasteiger charge is 2.42. The monoisotopic (exact) mass is 522 g/mol. The lowest BCUT2D eigenvalue weighted by molar-refractivity contribution is -0.138. The Balaban J connectivity index is 4.88. The molecule has 10 heteroatoms. The van der Waals surface area contributed by atoms with Crippen LogP contribution in [0.5, 0.6) is 0 Å². The molecule has 0 saturated heterocycles. The second-order valence-electron chi connectivity index (χ2n) is 10.1. The molecule has 33 heavy (non-hydrogen) atoms. The molecule has 0 aliphatic rings. The van der Waals surface area contributed by atoms with Crippen LogP contribution in [0.1, 0.15) is 39.0 Å². The molecule has 0 amide bonds. The molecule has 0 bridgehead atoms. The number of rotatable bonds is 21. The maximum Gasteiger partial charge on any atom is 0.333 e. The van der Waals surface area contributed by atoms with E-state index >= 15 is 0 Å². The lowest BCUT2D eigenvalue weighted by Crippen LogP contribution is -2.54. The number of methoxy groups -OCH3 is 1. The average molecular weight is 523 g/mol. The molecule has 0 aliphatic carbocycles. The zero-order valence-electron chi connectivity index (χ0n) is 22.3. The van der Waals surface area contributed by atoms with Gasteiger partial charge in [0, 0.05) is 25.9 Å². The van der Waals surface area contributed by atoms with Crippen LogP contribution in [0.15, 0.2) is 12.2 Å². The van der Waals surface area contributed by atoms with Gasteiger partial charge in [0.25, 0.3) is 0 Å². The largest absolute Gasteiger partial charge is 0.462 e. The van der Waals surface area contributed by atoms with Gasteiger partial charge in [-0.15, -0.1) is 0 Å². The van der Waals surface area contributed by atoms with Gasteiger partial charge in [-0.3, -0.25) is 0 Å². The number of carbonyl (C=O) groups is 1. The molecule has 1 unspecified atom stereocenters. The number of aliphatic hydroxyl groups is 1. The predicted octanol–water partition coefficient (Wildman–Crippen LogP) is 5.23. The van der Waals surface area contributed by atoms with E-state index in [-0.39, 0.29) is 12.6 Å². The van der Waals surface area contributed by atoms with Crippen molar-refractivity contribution in [1.29, 1.82) is 0 Å². The van der Waals surface area contributed by atoms with Gasteiger partial charge >= 0.3 is 14.5 Å². The number of carbonyl (C=O) groups excluding carboxylic acids is 1. The molecule has 0 aromatic rings. The molecule has 0 fully saturated rings. The summed E-state index contributed by atoms with van der Waals surface area (Å²) in [5.41, 5.74) is 0.426. The standard InChI is InChI=1S/C23H50O7Si3/c1-22(2)23(25)28-16-13-20-32(6,7)30-33(8,21-11-9-10-14-24)29-31(4,5)19-12-15-27-18-17-26-3/h24H,1,9-21H2,2-8H3. The van der Waals surface area contributed by atoms with Crippen LogP contribution in [0, 0.1) is 0 Å². The fraction of sp³-hybridized carbons (Fsp3) is 0.870. The smallest absolute Gasteiger partial charge is 0.333 e. The predicted molar refractivity (Wildman–Crippen MR) is 142 cm³/mol. The zero-order valence-corrected chi connectivity index (χ0v) is 25.3. The molecular formula is C23H50O7Si3. The fourth-order valence-corrected chi connectivity index (χ4v) is 18.2. The van der Waals surface area contributed by atoms with E-state index < -0.39 is 25.2 Å². The molecule has 0 spiro atoms. The van der Waals surface area contributed by atoms with Crippen LogP contribution in [0.3, 0.4) is 0 Å². The average Bonchev–Trinajstić information content (AvgIpc) is 2.70. The first-order valence-corrected chi connectivity index (χ1v) is 21.0.